The van der Waals surface area contributed by atoms with Crippen LogP contribution >= 0.6 is 12.4 Å². The lowest BCUT2D eigenvalue weighted by Crippen LogP contribution is -2.52. The van der Waals surface area contributed by atoms with Gasteiger partial charge in [-0.15, -0.1) is 12.4 Å². The van der Waals surface area contributed by atoms with E-state index in [0.29, 0.717) is 6.04 Å². The Labute approximate surface area is 121 Å². The third-order valence-corrected chi connectivity index (χ3v) is 4.11. The molecule has 0 bridgehead atoms. The minimum Gasteiger partial charge on any atom is -0.357 e. The smallest absolute Gasteiger partial charge is 0.131 e. The first-order chi connectivity index (χ1) is 8.88. The van der Waals surface area contributed by atoms with Crippen molar-refractivity contribution in [3.63, 3.8) is 0 Å². The van der Waals surface area contributed by atoms with Gasteiger partial charge in [0.15, 0.2) is 0 Å². The van der Waals surface area contributed by atoms with Gasteiger partial charge >= 0.3 is 0 Å². The number of halogens is 1. The van der Waals surface area contributed by atoms with Gasteiger partial charge in [0.1, 0.15) is 11.6 Å². The second-order valence-electron chi connectivity index (χ2n) is 5.27. The third-order valence-electron chi connectivity index (χ3n) is 4.11. The summed E-state index contributed by atoms with van der Waals surface area (Å²) in [5.74, 6) is 2.23. The normalized spacial score (nSPS) is 22.7. The third kappa shape index (κ3) is 2.95. The summed E-state index contributed by atoms with van der Waals surface area (Å²) in [5, 5.41) is 0. The fourth-order valence-corrected chi connectivity index (χ4v) is 2.86. The Kier molecular flexibility index (Phi) is 4.88. The van der Waals surface area contributed by atoms with Gasteiger partial charge in [0.25, 0.3) is 0 Å². The summed E-state index contributed by atoms with van der Waals surface area (Å²) in [6.07, 6.45) is 5.14. The summed E-state index contributed by atoms with van der Waals surface area (Å²) in [7, 11) is 0. The summed E-state index contributed by atoms with van der Waals surface area (Å²) in [5.41, 5.74) is 5.76. The number of nitrogens with two attached hydrogens (primary N) is 1. The molecular formula is C14H23ClN4. The van der Waals surface area contributed by atoms with Crippen LogP contribution < -0.4 is 15.5 Å². The van der Waals surface area contributed by atoms with Crippen molar-refractivity contribution in [2.75, 3.05) is 36.0 Å². The molecule has 2 fully saturated rings. The fraction of sp³-hybridized carbons (Fsp3) is 0.643. The number of nitrogens with zero attached hydrogens (tertiary/aromatic N) is 3. The fourth-order valence-electron chi connectivity index (χ4n) is 2.86. The minimum atomic E-state index is 0. The number of piperidine rings is 1. The zero-order valence-electron chi connectivity index (χ0n) is 11.3. The molecule has 106 valence electrons. The van der Waals surface area contributed by atoms with Gasteiger partial charge in [-0.05, 0) is 37.8 Å². The molecule has 0 aromatic carbocycles. The van der Waals surface area contributed by atoms with Crippen LogP contribution in [-0.4, -0.2) is 37.2 Å². The lowest BCUT2D eigenvalue weighted by atomic mass is 10.0. The van der Waals surface area contributed by atoms with Crippen LogP contribution in [0.3, 0.4) is 0 Å². The van der Waals surface area contributed by atoms with Crippen molar-refractivity contribution in [2.24, 2.45) is 5.73 Å². The highest BCUT2D eigenvalue weighted by atomic mass is 35.5. The number of hydrogen-bond donors (Lipinski definition) is 1. The van der Waals surface area contributed by atoms with E-state index < -0.39 is 0 Å². The zero-order valence-corrected chi connectivity index (χ0v) is 12.1. The summed E-state index contributed by atoms with van der Waals surface area (Å²) < 4.78 is 0. The maximum absolute atomic E-state index is 5.76. The van der Waals surface area contributed by atoms with E-state index in [0.717, 1.165) is 37.8 Å². The van der Waals surface area contributed by atoms with Crippen molar-refractivity contribution in [1.29, 1.82) is 0 Å². The van der Waals surface area contributed by atoms with E-state index in [1.54, 1.807) is 0 Å². The first-order valence-electron chi connectivity index (χ1n) is 7.07. The molecule has 0 spiro atoms. The predicted octanol–water partition coefficient (Wildman–Crippen LogP) is 2.03. The quantitative estimate of drug-likeness (QED) is 0.921. The van der Waals surface area contributed by atoms with Crippen molar-refractivity contribution >= 4 is 24.0 Å². The van der Waals surface area contributed by atoms with Crippen molar-refractivity contribution in [1.82, 2.24) is 4.98 Å². The van der Waals surface area contributed by atoms with Crippen molar-refractivity contribution in [3.8, 4) is 0 Å². The Morgan fingerprint density at radius 1 is 1.11 bits per heavy atom. The molecule has 0 radical (unpaired) electrons. The molecule has 19 heavy (non-hydrogen) atoms. The lowest BCUT2D eigenvalue weighted by Gasteiger charge is -2.41. The van der Waals surface area contributed by atoms with Gasteiger partial charge in [-0.3, -0.25) is 0 Å². The van der Waals surface area contributed by atoms with Gasteiger partial charge in [-0.1, -0.05) is 6.07 Å². The van der Waals surface area contributed by atoms with Crippen molar-refractivity contribution < 1.29 is 0 Å². The summed E-state index contributed by atoms with van der Waals surface area (Å²) >= 11 is 0. The van der Waals surface area contributed by atoms with E-state index in [1.807, 2.05) is 0 Å². The first kappa shape index (κ1) is 14.4. The summed E-state index contributed by atoms with van der Waals surface area (Å²) in [6, 6.07) is 6.86. The van der Waals surface area contributed by atoms with Gasteiger partial charge in [0.2, 0.25) is 0 Å². The number of rotatable bonds is 3. The maximum atomic E-state index is 5.76. The van der Waals surface area contributed by atoms with Gasteiger partial charge in [0, 0.05) is 32.2 Å². The number of anilines is 2. The van der Waals surface area contributed by atoms with E-state index in [4.69, 9.17) is 10.7 Å². The Balaban J connectivity index is 0.00000133. The largest absolute Gasteiger partial charge is 0.357 e. The highest BCUT2D eigenvalue weighted by Crippen LogP contribution is 2.26. The molecule has 2 saturated heterocycles. The number of hydrogen-bond acceptors (Lipinski definition) is 4. The lowest BCUT2D eigenvalue weighted by molar-refractivity contribution is 0.451. The molecule has 5 heteroatoms. The molecule has 1 unspecified atom stereocenters. The van der Waals surface area contributed by atoms with E-state index >= 15 is 0 Å². The zero-order chi connectivity index (χ0) is 12.4. The average Bonchev–Trinajstić information content (AvgIpc) is 2.39. The molecule has 2 aliphatic rings. The van der Waals surface area contributed by atoms with Crippen LogP contribution in [0.25, 0.3) is 0 Å². The Bertz CT molecular complexity index is 387. The van der Waals surface area contributed by atoms with Crippen molar-refractivity contribution in [2.45, 2.75) is 31.7 Å². The molecule has 1 atom stereocenters. The maximum Gasteiger partial charge on any atom is 0.131 e. The Morgan fingerprint density at radius 2 is 1.84 bits per heavy atom. The SMILES string of the molecule is Cl.NCC1CCN1c1cccc(N2CCCCC2)n1. The van der Waals surface area contributed by atoms with Gasteiger partial charge in [0.05, 0.1) is 0 Å². The first-order valence-corrected chi connectivity index (χ1v) is 7.07. The molecule has 1 aromatic rings. The van der Waals surface area contributed by atoms with Gasteiger partial charge < -0.3 is 15.5 Å². The highest BCUT2D eigenvalue weighted by Gasteiger charge is 2.28. The van der Waals surface area contributed by atoms with Crippen LogP contribution in [0, 0.1) is 0 Å². The van der Waals surface area contributed by atoms with Crippen LogP contribution in [0.4, 0.5) is 11.6 Å². The predicted molar refractivity (Wildman–Crippen MR) is 82.4 cm³/mol. The summed E-state index contributed by atoms with van der Waals surface area (Å²) in [4.78, 5) is 9.55. The van der Waals surface area contributed by atoms with Crippen LogP contribution in [0.5, 0.6) is 0 Å². The molecule has 3 rings (SSSR count). The topological polar surface area (TPSA) is 45.4 Å². The minimum absolute atomic E-state index is 0. The van der Waals surface area contributed by atoms with Crippen molar-refractivity contribution in [3.05, 3.63) is 18.2 Å². The van der Waals surface area contributed by atoms with Gasteiger partial charge in [-0.2, -0.15) is 0 Å². The molecule has 1 aromatic heterocycles. The molecule has 3 heterocycles. The molecule has 2 N–H and O–H groups in total. The second-order valence-corrected chi connectivity index (χ2v) is 5.27. The van der Waals surface area contributed by atoms with Crippen LogP contribution in [-0.2, 0) is 0 Å². The molecular weight excluding hydrogens is 260 g/mol. The Hall–Kier alpha value is -1.00. The molecule has 0 amide bonds. The molecule has 2 aliphatic heterocycles. The van der Waals surface area contributed by atoms with Crippen LogP contribution in [0.2, 0.25) is 0 Å². The molecule has 0 saturated carbocycles. The van der Waals surface area contributed by atoms with E-state index in [-0.39, 0.29) is 12.4 Å². The van der Waals surface area contributed by atoms with Crippen LogP contribution in [0.15, 0.2) is 18.2 Å². The van der Waals surface area contributed by atoms with Gasteiger partial charge in [-0.25, -0.2) is 4.98 Å². The molecule has 0 aliphatic carbocycles. The monoisotopic (exact) mass is 282 g/mol. The highest BCUT2D eigenvalue weighted by molar-refractivity contribution is 5.85. The Morgan fingerprint density at radius 3 is 2.47 bits per heavy atom. The van der Waals surface area contributed by atoms with E-state index in [9.17, 15) is 0 Å². The van der Waals surface area contributed by atoms with E-state index in [1.165, 1.54) is 25.7 Å². The summed E-state index contributed by atoms with van der Waals surface area (Å²) in [6.45, 7) is 4.13. The van der Waals surface area contributed by atoms with E-state index in [2.05, 4.69) is 28.0 Å². The standard InChI is InChI=1S/C14H22N4.ClH/c15-11-12-7-10-18(12)14-6-4-5-13(16-14)17-8-2-1-3-9-17;/h4-6,12H,1-3,7-11,15H2;1H. The molecule has 4 nitrogen and oxygen atoms in total. The number of aromatic nitrogens is 1. The second kappa shape index (κ2) is 6.44. The average molecular weight is 283 g/mol. The number of pyridine rings is 1. The van der Waals surface area contributed by atoms with Crippen LogP contribution in [0.1, 0.15) is 25.7 Å².